The summed E-state index contributed by atoms with van der Waals surface area (Å²) >= 11 is 1.83. The Morgan fingerprint density at radius 3 is 1.75 bits per heavy atom. The topological polar surface area (TPSA) is 28.5 Å². The number of thiophene rings is 1. The van der Waals surface area contributed by atoms with Gasteiger partial charge >= 0.3 is 0 Å². The molecule has 0 saturated carbocycles. The van der Waals surface area contributed by atoms with Gasteiger partial charge in [-0.2, -0.15) is 0 Å². The average Bonchev–Trinajstić information content (AvgIpc) is 3.72. The molecule has 0 spiro atoms. The van der Waals surface area contributed by atoms with E-state index in [1.54, 1.807) is 0 Å². The maximum atomic E-state index is 5.66. The van der Waals surface area contributed by atoms with Crippen LogP contribution in [0.5, 0.6) is 0 Å². The van der Waals surface area contributed by atoms with E-state index in [0.717, 1.165) is 50.6 Å². The first-order valence-corrected chi connectivity index (χ1v) is 21.3. The molecule has 0 fully saturated rings. The number of benzene rings is 9. The van der Waals surface area contributed by atoms with Crippen LogP contribution in [0.25, 0.3) is 91.5 Å². The van der Waals surface area contributed by atoms with Crippen molar-refractivity contribution in [2.45, 2.75) is 6.04 Å². The molecule has 9 aromatic carbocycles. The van der Waals surface area contributed by atoms with Crippen LogP contribution in [0.4, 0.5) is 0 Å². The van der Waals surface area contributed by atoms with E-state index in [2.05, 4.69) is 212 Å². The average molecular weight is 784 g/mol. The van der Waals surface area contributed by atoms with Crippen LogP contribution in [0.3, 0.4) is 0 Å². The molecule has 12 rings (SSSR count). The Labute approximate surface area is 351 Å². The van der Waals surface area contributed by atoms with E-state index in [-0.39, 0.29) is 6.04 Å². The highest BCUT2D eigenvalue weighted by molar-refractivity contribution is 7.26. The number of hydrogen-bond donors (Lipinski definition) is 0. The Bertz CT molecular complexity index is 3510. The first-order chi connectivity index (χ1) is 29.7. The zero-order valence-electron chi connectivity index (χ0n) is 32.9. The quantitative estimate of drug-likeness (QED) is 0.163. The molecule has 0 radical (unpaired) electrons. The van der Waals surface area contributed by atoms with Crippen molar-refractivity contribution in [1.29, 1.82) is 0 Å². The number of likely N-dealkylation sites (N-methyl/N-ethyl adjacent to an activating group) is 1. The van der Waals surface area contributed by atoms with Gasteiger partial charge in [0.25, 0.3) is 0 Å². The van der Waals surface area contributed by atoms with Crippen LogP contribution < -0.4 is 0 Å². The Kier molecular flexibility index (Phi) is 8.00. The van der Waals surface area contributed by atoms with Crippen molar-refractivity contribution in [3.05, 3.63) is 217 Å². The molecule has 0 amide bonds. The van der Waals surface area contributed by atoms with Crippen LogP contribution >= 0.6 is 11.3 Å². The van der Waals surface area contributed by atoms with Crippen LogP contribution in [0.2, 0.25) is 0 Å². The van der Waals surface area contributed by atoms with E-state index in [4.69, 9.17) is 9.98 Å². The van der Waals surface area contributed by atoms with Crippen molar-refractivity contribution in [2.75, 3.05) is 7.05 Å². The van der Waals surface area contributed by atoms with Gasteiger partial charge in [0.2, 0.25) is 0 Å². The number of rotatable bonds is 5. The van der Waals surface area contributed by atoms with Gasteiger partial charge in [0.1, 0.15) is 5.84 Å². The number of pyridine rings is 1. The number of amidine groups is 1. The molecule has 282 valence electrons. The molecule has 1 aliphatic heterocycles. The molecular weight excluding hydrogens is 747 g/mol. The number of aromatic nitrogens is 1. The largest absolute Gasteiger partial charge is 0.349 e. The minimum Gasteiger partial charge on any atom is -0.349 e. The van der Waals surface area contributed by atoms with Gasteiger partial charge < -0.3 is 4.90 Å². The summed E-state index contributed by atoms with van der Waals surface area (Å²) in [4.78, 5) is 13.2. The molecule has 0 aliphatic carbocycles. The van der Waals surface area contributed by atoms with Crippen molar-refractivity contribution < 1.29 is 0 Å². The summed E-state index contributed by atoms with van der Waals surface area (Å²) in [5.74, 6) is 0.939. The molecule has 4 heteroatoms. The number of hydrogen-bond acceptors (Lipinski definition) is 4. The van der Waals surface area contributed by atoms with Crippen molar-refractivity contribution in [3.63, 3.8) is 0 Å². The third kappa shape index (κ3) is 5.49. The lowest BCUT2D eigenvalue weighted by Gasteiger charge is -2.33. The lowest BCUT2D eigenvalue weighted by molar-refractivity contribution is 0.435. The SMILES string of the molecule is CN1C(c2ccc(-c3nc4c(-c5ccc6c7ccccc7c7ccccc7c6c5)cccc4c4c3sc3ccccc34)cc2)=NC(c2ccccc2)=CC1c1ccccc1. The van der Waals surface area contributed by atoms with Crippen LogP contribution in [-0.2, 0) is 0 Å². The van der Waals surface area contributed by atoms with Gasteiger partial charge in [-0.15, -0.1) is 11.3 Å². The van der Waals surface area contributed by atoms with Crippen LogP contribution in [0.1, 0.15) is 22.7 Å². The zero-order chi connectivity index (χ0) is 39.7. The van der Waals surface area contributed by atoms with Crippen molar-refractivity contribution in [2.24, 2.45) is 4.99 Å². The van der Waals surface area contributed by atoms with Gasteiger partial charge in [0.05, 0.1) is 27.6 Å². The number of para-hydroxylation sites is 1. The summed E-state index contributed by atoms with van der Waals surface area (Å²) in [6.07, 6.45) is 2.28. The normalized spacial score (nSPS) is 14.4. The first kappa shape index (κ1) is 34.6. The fraction of sp³-hybridized carbons (Fsp3) is 0.0357. The van der Waals surface area contributed by atoms with Gasteiger partial charge in [-0.1, -0.05) is 182 Å². The van der Waals surface area contributed by atoms with Crippen LogP contribution in [0.15, 0.2) is 205 Å². The second-order valence-electron chi connectivity index (χ2n) is 15.7. The minimum atomic E-state index is 0.0409. The highest BCUT2D eigenvalue weighted by atomic mass is 32.1. The minimum absolute atomic E-state index is 0.0409. The third-order valence-electron chi connectivity index (χ3n) is 12.3. The number of aliphatic imine (C=N–C) groups is 1. The number of fused-ring (bicyclic) bond motifs is 11. The predicted octanol–water partition coefficient (Wildman–Crippen LogP) is 14.9. The highest BCUT2D eigenvalue weighted by Crippen LogP contribution is 2.45. The molecule has 3 heterocycles. The maximum absolute atomic E-state index is 5.66. The summed E-state index contributed by atoms with van der Waals surface area (Å²) in [6, 6.07) is 70.2. The van der Waals surface area contributed by atoms with E-state index >= 15 is 0 Å². The van der Waals surface area contributed by atoms with Crippen LogP contribution in [0, 0.1) is 0 Å². The van der Waals surface area contributed by atoms with Gasteiger partial charge in [-0.25, -0.2) is 9.98 Å². The summed E-state index contributed by atoms with van der Waals surface area (Å²) < 4.78 is 2.47. The molecular formula is C56H37N3S. The van der Waals surface area contributed by atoms with Gasteiger partial charge in [0.15, 0.2) is 0 Å². The lowest BCUT2D eigenvalue weighted by atomic mass is 9.91. The monoisotopic (exact) mass is 783 g/mol. The number of nitrogens with zero attached hydrogens (tertiary/aromatic N) is 3. The first-order valence-electron chi connectivity index (χ1n) is 20.5. The fourth-order valence-corrected chi connectivity index (χ4v) is 10.6. The summed E-state index contributed by atoms with van der Waals surface area (Å²) in [5.41, 5.74) is 9.77. The molecule has 0 saturated heterocycles. The summed E-state index contributed by atoms with van der Waals surface area (Å²) in [7, 11) is 2.15. The second-order valence-corrected chi connectivity index (χ2v) is 16.8. The fourth-order valence-electron chi connectivity index (χ4n) is 9.42. The van der Waals surface area contributed by atoms with Gasteiger partial charge in [0, 0.05) is 44.6 Å². The van der Waals surface area contributed by atoms with E-state index in [9.17, 15) is 0 Å². The van der Waals surface area contributed by atoms with E-state index in [1.165, 1.54) is 63.4 Å². The standard InChI is InChI=1S/C56H37N3S/c1-59-50(36-17-6-3-7-18-36)34-49(35-15-4-2-5-16-35)57-56(59)38-29-27-37(28-30-38)53-55-52(46-23-12-13-26-51(46)60-55)47-25-14-24-40(54(47)58-53)39-31-32-45-43-21-9-8-19-41(43)42-20-10-11-22-44(42)48(45)33-39/h2-34,50H,1H3. The molecule has 3 nitrogen and oxygen atoms in total. The molecule has 1 aliphatic rings. The second kappa shape index (κ2) is 13.9. The Morgan fingerprint density at radius 1 is 0.467 bits per heavy atom. The molecule has 11 aromatic rings. The maximum Gasteiger partial charge on any atom is 0.137 e. The Morgan fingerprint density at radius 2 is 1.03 bits per heavy atom. The molecule has 60 heavy (non-hydrogen) atoms. The Hall–Kier alpha value is -7.40. The van der Waals surface area contributed by atoms with Crippen molar-refractivity contribution in [3.8, 4) is 22.4 Å². The molecule has 0 N–H and O–H groups in total. The Balaban J connectivity index is 1.03. The van der Waals surface area contributed by atoms with Crippen molar-refractivity contribution in [1.82, 2.24) is 9.88 Å². The third-order valence-corrected chi connectivity index (χ3v) is 13.5. The molecule has 1 unspecified atom stereocenters. The lowest BCUT2D eigenvalue weighted by Crippen LogP contribution is -2.33. The van der Waals surface area contributed by atoms with E-state index in [1.807, 2.05) is 11.3 Å². The van der Waals surface area contributed by atoms with E-state index < -0.39 is 0 Å². The molecule has 1 atom stereocenters. The molecule has 0 bridgehead atoms. The van der Waals surface area contributed by atoms with Gasteiger partial charge in [-0.3, -0.25) is 0 Å². The van der Waals surface area contributed by atoms with Gasteiger partial charge in [-0.05, 0) is 67.2 Å². The smallest absolute Gasteiger partial charge is 0.137 e. The highest BCUT2D eigenvalue weighted by Gasteiger charge is 2.26. The molecule has 2 aromatic heterocycles. The van der Waals surface area contributed by atoms with E-state index in [0.29, 0.717) is 0 Å². The summed E-state index contributed by atoms with van der Waals surface area (Å²) in [5, 5.41) is 11.3. The van der Waals surface area contributed by atoms with Crippen molar-refractivity contribution >= 4 is 86.3 Å². The van der Waals surface area contributed by atoms with Crippen LogP contribution in [-0.4, -0.2) is 22.8 Å². The zero-order valence-corrected chi connectivity index (χ0v) is 33.7. The summed E-state index contributed by atoms with van der Waals surface area (Å²) in [6.45, 7) is 0. The predicted molar refractivity (Wildman–Crippen MR) is 256 cm³/mol.